The molecule has 0 fully saturated rings. The molecule has 0 aliphatic carbocycles. The Kier molecular flexibility index (Phi) is 11.6. The Bertz CT molecular complexity index is 1460. The summed E-state index contributed by atoms with van der Waals surface area (Å²) in [5.41, 5.74) is 3.56. The number of carbonyl (C=O) groups is 1. The van der Waals surface area contributed by atoms with Gasteiger partial charge in [0.25, 0.3) is 0 Å². The zero-order valence-electron chi connectivity index (χ0n) is 22.4. The van der Waals surface area contributed by atoms with Crippen LogP contribution in [0, 0.1) is 59.2 Å². The van der Waals surface area contributed by atoms with Crippen molar-refractivity contribution in [2.24, 2.45) is 0 Å². The van der Waals surface area contributed by atoms with E-state index >= 15 is 0 Å². The van der Waals surface area contributed by atoms with Gasteiger partial charge in [-0.15, -0.1) is 0 Å². The smallest absolute Gasteiger partial charge is 0.305 e. The van der Waals surface area contributed by atoms with Gasteiger partial charge < -0.3 is 14.2 Å². The van der Waals surface area contributed by atoms with E-state index in [9.17, 15) is 25.8 Å². The molecule has 39 heavy (non-hydrogen) atoms. The van der Waals surface area contributed by atoms with E-state index in [-0.39, 0.29) is 23.7 Å². The van der Waals surface area contributed by atoms with E-state index in [2.05, 4.69) is 0 Å². The molecule has 2 aromatic carbocycles. The first-order chi connectivity index (χ1) is 18.8. The van der Waals surface area contributed by atoms with Crippen molar-refractivity contribution in [1.29, 1.82) is 21.0 Å². The molecule has 8 heteroatoms. The Balaban J connectivity index is 2.67. The summed E-state index contributed by atoms with van der Waals surface area (Å²) in [6.45, 7) is 6.08. The normalized spacial score (nSPS) is 10.4. The number of hydrogen-bond acceptors (Lipinski definition) is 8. The summed E-state index contributed by atoms with van der Waals surface area (Å²) >= 11 is 0. The van der Waals surface area contributed by atoms with E-state index in [0.29, 0.717) is 53.2 Å². The second-order valence-electron chi connectivity index (χ2n) is 8.33. The third-order valence-corrected chi connectivity index (χ3v) is 5.65. The topological polar surface area (TPSA) is 140 Å². The standard InChI is InChI=1S/C31H28N4O4/c1-5-31(36)39-12-6-11-38-29-10-9-25(13-22(29)3)27(14-23(17-32)18-33)28(15-24(19-34)20-35)26-8-7-21(2)30(16-26)37-4/h7-10,13-16H,5-6,11-12H2,1-4H3/b28-27+. The third kappa shape index (κ3) is 8.36. The monoisotopic (exact) mass is 520 g/mol. The molecule has 0 heterocycles. The molecular formula is C31H28N4O4. The average Bonchev–Trinajstić information content (AvgIpc) is 2.95. The number of benzene rings is 2. The SMILES string of the molecule is CCC(=O)OCCCOc1ccc(/C(C=C(C#N)C#N)=C(\C=C(C#N)C#N)c2ccc(C)c(OC)c2)cc1C. The van der Waals surface area contributed by atoms with Crippen LogP contribution < -0.4 is 9.47 Å². The van der Waals surface area contributed by atoms with E-state index in [1.165, 1.54) is 12.2 Å². The lowest BCUT2D eigenvalue weighted by atomic mass is 9.90. The summed E-state index contributed by atoms with van der Waals surface area (Å²) in [4.78, 5) is 11.3. The van der Waals surface area contributed by atoms with E-state index in [1.807, 2.05) is 56.3 Å². The van der Waals surface area contributed by atoms with Crippen molar-refractivity contribution < 1.29 is 19.0 Å². The molecule has 0 aliphatic heterocycles. The Morgan fingerprint density at radius 1 is 0.795 bits per heavy atom. The zero-order valence-corrected chi connectivity index (χ0v) is 22.4. The van der Waals surface area contributed by atoms with Crippen LogP contribution in [0.15, 0.2) is 59.7 Å². The van der Waals surface area contributed by atoms with Gasteiger partial charge in [0.1, 0.15) is 46.9 Å². The largest absolute Gasteiger partial charge is 0.496 e. The molecule has 0 bridgehead atoms. The number of ether oxygens (including phenoxy) is 3. The molecule has 0 unspecified atom stereocenters. The van der Waals surface area contributed by atoms with Gasteiger partial charge in [-0.25, -0.2) is 0 Å². The van der Waals surface area contributed by atoms with E-state index < -0.39 is 0 Å². The first kappa shape index (κ1) is 29.9. The number of nitrogens with zero attached hydrogens (tertiary/aromatic N) is 4. The van der Waals surface area contributed by atoms with E-state index in [1.54, 1.807) is 32.2 Å². The maximum Gasteiger partial charge on any atom is 0.305 e. The summed E-state index contributed by atoms with van der Waals surface area (Å²) in [5.74, 6) is 0.958. The van der Waals surface area contributed by atoms with Gasteiger partial charge in [-0.2, -0.15) is 21.0 Å². The maximum atomic E-state index is 11.3. The molecule has 0 spiro atoms. The molecule has 0 aromatic heterocycles. The van der Waals surface area contributed by atoms with Gasteiger partial charge >= 0.3 is 5.97 Å². The van der Waals surface area contributed by atoms with Crippen molar-refractivity contribution in [3.05, 3.63) is 82.0 Å². The molecule has 2 aromatic rings. The first-order valence-electron chi connectivity index (χ1n) is 12.1. The van der Waals surface area contributed by atoms with Crippen LogP contribution in [0.3, 0.4) is 0 Å². The fraction of sp³-hybridized carbons (Fsp3) is 0.258. The second kappa shape index (κ2) is 15.1. The van der Waals surface area contributed by atoms with Gasteiger partial charge in [-0.3, -0.25) is 4.79 Å². The van der Waals surface area contributed by atoms with Gasteiger partial charge in [-0.05, 0) is 77.6 Å². The average molecular weight is 521 g/mol. The van der Waals surface area contributed by atoms with Crippen LogP contribution >= 0.6 is 0 Å². The van der Waals surface area contributed by atoms with Crippen molar-refractivity contribution in [2.75, 3.05) is 20.3 Å². The lowest BCUT2D eigenvalue weighted by Crippen LogP contribution is -2.08. The Hall–Kier alpha value is -5.31. The number of nitriles is 4. The summed E-state index contributed by atoms with van der Waals surface area (Å²) in [6, 6.07) is 18.3. The second-order valence-corrected chi connectivity index (χ2v) is 8.33. The number of esters is 1. The van der Waals surface area contributed by atoms with Crippen LogP contribution in [-0.2, 0) is 9.53 Å². The van der Waals surface area contributed by atoms with Crippen LogP contribution in [0.2, 0.25) is 0 Å². The number of allylic oxidation sites excluding steroid dienone is 6. The summed E-state index contributed by atoms with van der Waals surface area (Å²) in [5, 5.41) is 38.0. The number of methoxy groups -OCH3 is 1. The molecule has 196 valence electrons. The molecule has 0 atom stereocenters. The van der Waals surface area contributed by atoms with Crippen LogP contribution in [0.25, 0.3) is 11.1 Å². The number of aryl methyl sites for hydroxylation is 2. The lowest BCUT2D eigenvalue weighted by molar-refractivity contribution is -0.143. The fourth-order valence-electron chi connectivity index (χ4n) is 3.60. The Labute approximate surface area is 228 Å². The summed E-state index contributed by atoms with van der Waals surface area (Å²) < 4.78 is 16.4. The third-order valence-electron chi connectivity index (χ3n) is 5.65. The van der Waals surface area contributed by atoms with E-state index in [0.717, 1.165) is 11.1 Å². The lowest BCUT2D eigenvalue weighted by Gasteiger charge is -2.15. The number of hydrogen-bond donors (Lipinski definition) is 0. The highest BCUT2D eigenvalue weighted by Crippen LogP contribution is 2.35. The molecule has 0 amide bonds. The zero-order chi connectivity index (χ0) is 28.8. The summed E-state index contributed by atoms with van der Waals surface area (Å²) in [7, 11) is 1.54. The van der Waals surface area contributed by atoms with Gasteiger partial charge in [0.2, 0.25) is 0 Å². The van der Waals surface area contributed by atoms with Crippen molar-refractivity contribution in [3.63, 3.8) is 0 Å². The van der Waals surface area contributed by atoms with Crippen molar-refractivity contribution in [3.8, 4) is 35.8 Å². The highest BCUT2D eigenvalue weighted by Gasteiger charge is 2.15. The quantitative estimate of drug-likeness (QED) is 0.117. The molecule has 0 saturated heterocycles. The van der Waals surface area contributed by atoms with Crippen molar-refractivity contribution in [1.82, 2.24) is 0 Å². The molecule has 0 N–H and O–H groups in total. The van der Waals surface area contributed by atoms with Crippen LogP contribution in [0.5, 0.6) is 11.5 Å². The molecule has 0 saturated carbocycles. The molecule has 2 rings (SSSR count). The van der Waals surface area contributed by atoms with Crippen molar-refractivity contribution >= 4 is 17.1 Å². The van der Waals surface area contributed by atoms with Crippen LogP contribution in [-0.4, -0.2) is 26.3 Å². The maximum absolute atomic E-state index is 11.3. The number of carbonyl (C=O) groups excluding carboxylic acids is 1. The first-order valence-corrected chi connectivity index (χ1v) is 12.1. The predicted molar refractivity (Wildman–Crippen MR) is 146 cm³/mol. The molecular weight excluding hydrogens is 492 g/mol. The highest BCUT2D eigenvalue weighted by atomic mass is 16.5. The van der Waals surface area contributed by atoms with Crippen molar-refractivity contribution in [2.45, 2.75) is 33.6 Å². The van der Waals surface area contributed by atoms with E-state index in [4.69, 9.17) is 14.2 Å². The molecule has 0 aliphatic rings. The highest BCUT2D eigenvalue weighted by molar-refractivity contribution is 6.01. The van der Waals surface area contributed by atoms with Gasteiger partial charge in [0.05, 0.1) is 20.3 Å². The summed E-state index contributed by atoms with van der Waals surface area (Å²) in [6.07, 6.45) is 3.72. The molecule has 8 nitrogen and oxygen atoms in total. The van der Waals surface area contributed by atoms with Crippen LogP contribution in [0.4, 0.5) is 0 Å². The number of rotatable bonds is 11. The van der Waals surface area contributed by atoms with Gasteiger partial charge in [-0.1, -0.05) is 25.1 Å². The Morgan fingerprint density at radius 2 is 1.36 bits per heavy atom. The molecule has 0 radical (unpaired) electrons. The minimum atomic E-state index is -0.260. The predicted octanol–water partition coefficient (Wildman–Crippen LogP) is 5.89. The minimum absolute atomic E-state index is 0.147. The van der Waals surface area contributed by atoms with Crippen LogP contribution in [0.1, 0.15) is 42.0 Å². The van der Waals surface area contributed by atoms with Gasteiger partial charge in [0, 0.05) is 12.8 Å². The van der Waals surface area contributed by atoms with Gasteiger partial charge in [0.15, 0.2) is 0 Å². The Morgan fingerprint density at radius 3 is 1.87 bits per heavy atom. The fourth-order valence-corrected chi connectivity index (χ4v) is 3.60. The minimum Gasteiger partial charge on any atom is -0.496 e.